The Balaban J connectivity index is 2.07. The summed E-state index contributed by atoms with van der Waals surface area (Å²) in [7, 11) is 0. The fourth-order valence-corrected chi connectivity index (χ4v) is 6.41. The number of nitrogens with zero attached hydrogens (tertiary/aromatic N) is 1. The maximum Gasteiger partial charge on any atom is 0.330 e. The van der Waals surface area contributed by atoms with E-state index in [1.165, 1.54) is 6.92 Å². The van der Waals surface area contributed by atoms with Gasteiger partial charge in [-0.15, -0.1) is 0 Å². The second kappa shape index (κ2) is 10.9. The predicted octanol–water partition coefficient (Wildman–Crippen LogP) is -0.0367. The highest BCUT2D eigenvalue weighted by atomic mass is 32.7. The number of rotatable bonds is 10. The van der Waals surface area contributed by atoms with Gasteiger partial charge in [-0.05, 0) is 20.8 Å². The zero-order valence-electron chi connectivity index (χ0n) is 17.6. The first kappa shape index (κ1) is 25.8. The van der Waals surface area contributed by atoms with Crippen molar-refractivity contribution in [1.29, 1.82) is 0 Å². The molecule has 1 aliphatic rings. The summed E-state index contributed by atoms with van der Waals surface area (Å²) in [5.74, 6) is -0.192. The molecule has 0 spiro atoms. The summed E-state index contributed by atoms with van der Waals surface area (Å²) in [6.45, 7) is 2.62. The number of aliphatic hydroxyl groups is 2. The Morgan fingerprint density at radius 1 is 1.35 bits per heavy atom. The molecule has 6 atom stereocenters. The van der Waals surface area contributed by atoms with Gasteiger partial charge in [-0.2, -0.15) is 0 Å². The molecule has 1 aromatic heterocycles. The third-order valence-corrected chi connectivity index (χ3v) is 8.44. The van der Waals surface area contributed by atoms with Crippen molar-refractivity contribution in [3.05, 3.63) is 33.1 Å². The normalized spacial score (nSPS) is 26.5. The van der Waals surface area contributed by atoms with E-state index >= 15 is 0 Å². The van der Waals surface area contributed by atoms with Gasteiger partial charge in [-0.3, -0.25) is 23.7 Å². The molecular formula is C17H28N3O9PS. The molecule has 1 aromatic rings. The number of carbonyl (C=O) groups is 1. The number of aromatic nitrogens is 2. The lowest BCUT2D eigenvalue weighted by molar-refractivity contribution is -0.149. The molecule has 14 heteroatoms. The fraction of sp³-hybridized carbons (Fsp3) is 0.706. The van der Waals surface area contributed by atoms with E-state index in [4.69, 9.17) is 14.0 Å². The van der Waals surface area contributed by atoms with Gasteiger partial charge in [-0.25, -0.2) is 9.88 Å². The molecule has 0 amide bonds. The standard InChI is InChI=1S/C17H28N3O9PS/c1-5-31-30(26,19-10(4)16(24)28-9(2)3)27-8-11-13(22)14(23)15(29-11)20-7-6-12(21)18-17(20)25/h6-7,9-11,13-15,22-23H,5,8H2,1-4H3,(H,19,26)(H,18,21,25)/t10-,11-,13-,14-,15-,30-/m1/s1. The van der Waals surface area contributed by atoms with E-state index < -0.39 is 61.1 Å². The number of ether oxygens (including phenoxy) is 2. The van der Waals surface area contributed by atoms with E-state index in [0.29, 0.717) is 5.75 Å². The monoisotopic (exact) mass is 481 g/mol. The fourth-order valence-electron chi connectivity index (χ4n) is 2.80. The zero-order chi connectivity index (χ0) is 23.3. The molecule has 0 unspecified atom stereocenters. The molecule has 12 nitrogen and oxygen atoms in total. The molecule has 1 saturated heterocycles. The van der Waals surface area contributed by atoms with Gasteiger partial charge in [0.1, 0.15) is 24.4 Å². The van der Waals surface area contributed by atoms with Crippen molar-refractivity contribution in [2.24, 2.45) is 0 Å². The minimum atomic E-state index is -3.60. The van der Waals surface area contributed by atoms with Crippen LogP contribution in [0.3, 0.4) is 0 Å². The van der Waals surface area contributed by atoms with Crippen LogP contribution in [-0.2, 0) is 23.4 Å². The quantitative estimate of drug-likeness (QED) is 0.261. The van der Waals surface area contributed by atoms with E-state index in [0.717, 1.165) is 28.2 Å². The molecule has 0 saturated carbocycles. The van der Waals surface area contributed by atoms with Crippen LogP contribution in [-0.4, -0.2) is 68.6 Å². The third-order valence-electron chi connectivity index (χ3n) is 4.23. The topological polar surface area (TPSA) is 169 Å². The lowest BCUT2D eigenvalue weighted by Crippen LogP contribution is -2.38. The Kier molecular flexibility index (Phi) is 9.07. The van der Waals surface area contributed by atoms with Gasteiger partial charge in [0.25, 0.3) is 5.56 Å². The van der Waals surface area contributed by atoms with E-state index in [1.807, 2.05) is 4.98 Å². The number of nitrogens with one attached hydrogen (secondary N) is 2. The first-order chi connectivity index (χ1) is 14.5. The highest BCUT2D eigenvalue weighted by Gasteiger charge is 2.45. The van der Waals surface area contributed by atoms with Crippen molar-refractivity contribution in [2.75, 3.05) is 12.4 Å². The number of carbonyl (C=O) groups excluding carboxylic acids is 1. The van der Waals surface area contributed by atoms with Crippen molar-refractivity contribution in [3.8, 4) is 0 Å². The van der Waals surface area contributed by atoms with Crippen molar-refractivity contribution in [3.63, 3.8) is 0 Å². The molecule has 0 radical (unpaired) electrons. The van der Waals surface area contributed by atoms with Crippen LogP contribution in [0.25, 0.3) is 0 Å². The van der Waals surface area contributed by atoms with Gasteiger partial charge in [0.05, 0.1) is 12.7 Å². The van der Waals surface area contributed by atoms with Gasteiger partial charge in [-0.1, -0.05) is 18.3 Å². The third kappa shape index (κ3) is 6.75. The second-order valence-corrected chi connectivity index (χ2v) is 11.7. The molecule has 31 heavy (non-hydrogen) atoms. The molecule has 0 aliphatic carbocycles. The zero-order valence-corrected chi connectivity index (χ0v) is 19.3. The van der Waals surface area contributed by atoms with Gasteiger partial charge < -0.3 is 24.2 Å². The summed E-state index contributed by atoms with van der Waals surface area (Å²) < 4.78 is 30.2. The Bertz CT molecular complexity index is 921. The van der Waals surface area contributed by atoms with Crippen LogP contribution < -0.4 is 16.3 Å². The first-order valence-corrected chi connectivity index (χ1v) is 12.9. The van der Waals surface area contributed by atoms with E-state index in [9.17, 15) is 29.2 Å². The van der Waals surface area contributed by atoms with Crippen LogP contribution in [0.1, 0.15) is 33.9 Å². The Morgan fingerprint density at radius 3 is 2.61 bits per heavy atom. The molecular weight excluding hydrogens is 453 g/mol. The number of aliphatic hydroxyl groups excluding tert-OH is 2. The Hall–Kier alpha value is -1.47. The summed E-state index contributed by atoms with van der Waals surface area (Å²) in [4.78, 5) is 37.2. The summed E-state index contributed by atoms with van der Waals surface area (Å²) in [5, 5.41) is 23.2. The summed E-state index contributed by atoms with van der Waals surface area (Å²) >= 11 is 0.950. The van der Waals surface area contributed by atoms with Crippen LogP contribution in [0.5, 0.6) is 0 Å². The van der Waals surface area contributed by atoms with Crippen molar-refractivity contribution < 1.29 is 33.6 Å². The molecule has 1 aliphatic heterocycles. The van der Waals surface area contributed by atoms with E-state index in [-0.39, 0.29) is 6.10 Å². The summed E-state index contributed by atoms with van der Waals surface area (Å²) in [6, 6.07) is 0.154. The largest absolute Gasteiger partial charge is 0.462 e. The molecule has 0 bridgehead atoms. The number of esters is 1. The van der Waals surface area contributed by atoms with E-state index in [1.54, 1.807) is 20.8 Å². The average molecular weight is 481 g/mol. The summed E-state index contributed by atoms with van der Waals surface area (Å²) in [6.07, 6.45) is -4.56. The Labute approximate surface area is 182 Å². The van der Waals surface area contributed by atoms with Gasteiger partial charge in [0, 0.05) is 18.0 Å². The number of hydrogen-bond acceptors (Lipinski definition) is 10. The lowest BCUT2D eigenvalue weighted by Gasteiger charge is -2.24. The average Bonchev–Trinajstić information content (AvgIpc) is 2.94. The van der Waals surface area contributed by atoms with Crippen LogP contribution in [0.4, 0.5) is 0 Å². The van der Waals surface area contributed by atoms with Gasteiger partial charge in [0.15, 0.2) is 6.23 Å². The lowest BCUT2D eigenvalue weighted by atomic mass is 10.1. The minimum absolute atomic E-state index is 0.340. The van der Waals surface area contributed by atoms with Crippen LogP contribution in [0.2, 0.25) is 0 Å². The van der Waals surface area contributed by atoms with Crippen molar-refractivity contribution in [2.45, 2.75) is 64.4 Å². The Morgan fingerprint density at radius 2 is 2.03 bits per heavy atom. The number of hydrogen-bond donors (Lipinski definition) is 4. The molecule has 1 fully saturated rings. The summed E-state index contributed by atoms with van der Waals surface area (Å²) in [5.41, 5.74) is -1.44. The first-order valence-electron chi connectivity index (χ1n) is 9.68. The number of aromatic amines is 1. The van der Waals surface area contributed by atoms with Crippen LogP contribution >= 0.6 is 18.1 Å². The SMILES string of the molecule is CCS[P@@](=O)(N[C@H](C)C(=O)OC(C)C)OC[C@H]1O[C@@H](n2ccc(=O)[nH]c2=O)[C@H](O)[C@@H]1O. The number of H-pyrrole nitrogens is 1. The van der Waals surface area contributed by atoms with Gasteiger partial charge >= 0.3 is 18.4 Å². The molecule has 2 heterocycles. The smallest absolute Gasteiger partial charge is 0.330 e. The van der Waals surface area contributed by atoms with E-state index in [2.05, 4.69) is 5.09 Å². The van der Waals surface area contributed by atoms with Crippen molar-refractivity contribution >= 4 is 24.1 Å². The minimum Gasteiger partial charge on any atom is -0.462 e. The predicted molar refractivity (Wildman–Crippen MR) is 113 cm³/mol. The molecule has 2 rings (SSSR count). The highest BCUT2D eigenvalue weighted by molar-refractivity contribution is 8.56. The van der Waals surface area contributed by atoms with Gasteiger partial charge in [0.2, 0.25) is 0 Å². The highest BCUT2D eigenvalue weighted by Crippen LogP contribution is 2.56. The second-order valence-electron chi connectivity index (χ2n) is 7.11. The molecule has 4 N–H and O–H groups in total. The van der Waals surface area contributed by atoms with Crippen LogP contribution in [0.15, 0.2) is 21.9 Å². The maximum atomic E-state index is 13.1. The molecule has 0 aromatic carbocycles. The van der Waals surface area contributed by atoms with Crippen molar-refractivity contribution in [1.82, 2.24) is 14.6 Å². The maximum absolute atomic E-state index is 13.1. The molecule has 176 valence electrons. The van der Waals surface area contributed by atoms with Crippen LogP contribution in [0, 0.1) is 0 Å².